The summed E-state index contributed by atoms with van der Waals surface area (Å²) >= 11 is 11.8. The number of hydrogen-bond acceptors (Lipinski definition) is 3. The summed E-state index contributed by atoms with van der Waals surface area (Å²) < 4.78 is 0.279. The lowest BCUT2D eigenvalue weighted by molar-refractivity contribution is -0.662. The van der Waals surface area contributed by atoms with Crippen molar-refractivity contribution in [3.8, 4) is 0 Å². The number of nitrogens with two attached hydrogens (primary N) is 1. The van der Waals surface area contributed by atoms with Gasteiger partial charge in [-0.25, -0.2) is 0 Å². The molecule has 3 nitrogen and oxygen atoms in total. The van der Waals surface area contributed by atoms with E-state index in [0.717, 1.165) is 11.3 Å². The second kappa shape index (κ2) is 7.12. The zero-order valence-electron chi connectivity index (χ0n) is 8.67. The number of aromatic carboxylic acids is 1. The molecule has 6 heteroatoms. The summed E-state index contributed by atoms with van der Waals surface area (Å²) in [5, 5.41) is 12.8. The van der Waals surface area contributed by atoms with Crippen LogP contribution in [0.25, 0.3) is 0 Å². The lowest BCUT2D eigenvalue weighted by Gasteiger charge is -2.05. The normalized spacial score (nSPS) is 15.1. The SMILES string of the molecule is C1CC[NH2+]CC1.O=C([O-])c1cc(Cl)c(Cl)s1. The molecule has 90 valence electrons. The predicted molar refractivity (Wildman–Crippen MR) is 64.2 cm³/mol. The third-order valence-corrected chi connectivity index (χ3v) is 4.01. The number of piperidine rings is 1. The predicted octanol–water partition coefficient (Wildman–Crippen LogP) is 1.15. The maximum Gasteiger partial charge on any atom is 0.112 e. The van der Waals surface area contributed by atoms with Gasteiger partial charge in [-0.15, -0.1) is 11.3 Å². The van der Waals surface area contributed by atoms with Crippen molar-refractivity contribution in [3.63, 3.8) is 0 Å². The molecule has 0 saturated carbocycles. The van der Waals surface area contributed by atoms with Crippen molar-refractivity contribution >= 4 is 40.5 Å². The molecular weight excluding hydrogens is 269 g/mol. The van der Waals surface area contributed by atoms with Crippen LogP contribution in [-0.2, 0) is 0 Å². The van der Waals surface area contributed by atoms with Crippen LogP contribution in [0.2, 0.25) is 9.36 Å². The van der Waals surface area contributed by atoms with Crippen LogP contribution in [0.3, 0.4) is 0 Å². The van der Waals surface area contributed by atoms with E-state index in [2.05, 4.69) is 5.32 Å². The van der Waals surface area contributed by atoms with Gasteiger partial charge < -0.3 is 15.2 Å². The highest BCUT2D eigenvalue weighted by atomic mass is 35.5. The van der Waals surface area contributed by atoms with Gasteiger partial charge in [0, 0.05) is 0 Å². The summed E-state index contributed by atoms with van der Waals surface area (Å²) in [4.78, 5) is 10.2. The van der Waals surface area contributed by atoms with Crippen molar-refractivity contribution in [2.45, 2.75) is 19.3 Å². The van der Waals surface area contributed by atoms with E-state index in [1.165, 1.54) is 38.4 Å². The molecule has 16 heavy (non-hydrogen) atoms. The Labute approximate surface area is 108 Å². The summed E-state index contributed by atoms with van der Waals surface area (Å²) in [5.74, 6) is -1.25. The molecule has 0 radical (unpaired) electrons. The molecule has 2 heterocycles. The topological polar surface area (TPSA) is 56.7 Å². The fourth-order valence-electron chi connectivity index (χ4n) is 1.35. The molecule has 0 bridgehead atoms. The van der Waals surface area contributed by atoms with Gasteiger partial charge in [-0.1, -0.05) is 23.2 Å². The molecule has 1 aliphatic rings. The van der Waals surface area contributed by atoms with Gasteiger partial charge in [0.25, 0.3) is 0 Å². The van der Waals surface area contributed by atoms with E-state index >= 15 is 0 Å². The third kappa shape index (κ3) is 4.70. The van der Waals surface area contributed by atoms with Crippen molar-refractivity contribution in [1.29, 1.82) is 0 Å². The molecule has 0 amide bonds. The lowest BCUT2D eigenvalue weighted by atomic mass is 10.2. The lowest BCUT2D eigenvalue weighted by Crippen LogP contribution is -2.85. The Morgan fingerprint density at radius 2 is 1.94 bits per heavy atom. The van der Waals surface area contributed by atoms with Crippen LogP contribution in [-0.4, -0.2) is 19.1 Å². The number of carbonyl (C=O) groups is 1. The van der Waals surface area contributed by atoms with Crippen molar-refractivity contribution in [2.75, 3.05) is 13.1 Å². The molecule has 1 saturated heterocycles. The van der Waals surface area contributed by atoms with Gasteiger partial charge in [0.05, 0.1) is 29.0 Å². The Bertz CT molecular complexity index is 320. The quantitative estimate of drug-likeness (QED) is 0.840. The monoisotopic (exact) mass is 281 g/mol. The second-order valence-corrected chi connectivity index (χ2v) is 5.51. The van der Waals surface area contributed by atoms with Gasteiger partial charge in [0.15, 0.2) is 0 Å². The fraction of sp³-hybridized carbons (Fsp3) is 0.500. The van der Waals surface area contributed by atoms with Crippen molar-refractivity contribution in [1.82, 2.24) is 0 Å². The standard InChI is InChI=1S/C5H2Cl2O2S.C5H11N/c6-2-1-3(5(8)9)10-4(2)7;1-2-4-6-5-3-1/h1H,(H,8,9);6H,1-5H2. The van der Waals surface area contributed by atoms with Gasteiger partial charge in [-0.3, -0.25) is 0 Å². The Morgan fingerprint density at radius 1 is 1.31 bits per heavy atom. The first-order valence-corrected chi connectivity index (χ1v) is 6.66. The van der Waals surface area contributed by atoms with Crippen LogP contribution in [0.1, 0.15) is 28.9 Å². The van der Waals surface area contributed by atoms with E-state index in [4.69, 9.17) is 23.2 Å². The molecule has 2 rings (SSSR count). The molecule has 1 fully saturated rings. The summed E-state index contributed by atoms with van der Waals surface area (Å²) in [6.45, 7) is 2.75. The van der Waals surface area contributed by atoms with E-state index in [-0.39, 0.29) is 14.2 Å². The Kier molecular flexibility index (Phi) is 6.13. The van der Waals surface area contributed by atoms with Gasteiger partial charge >= 0.3 is 0 Å². The highest BCUT2D eigenvalue weighted by Gasteiger charge is 2.04. The second-order valence-electron chi connectivity index (χ2n) is 3.45. The minimum atomic E-state index is -1.25. The number of quaternary nitrogens is 1. The maximum absolute atomic E-state index is 10.1. The van der Waals surface area contributed by atoms with E-state index in [1.54, 1.807) is 0 Å². The summed E-state index contributed by atoms with van der Waals surface area (Å²) in [7, 11) is 0. The molecule has 1 aromatic heterocycles. The Balaban J connectivity index is 0.000000181. The molecule has 1 aromatic rings. The molecule has 0 aliphatic carbocycles. The van der Waals surface area contributed by atoms with Crippen LogP contribution < -0.4 is 10.4 Å². The first-order chi connectivity index (χ1) is 7.61. The van der Waals surface area contributed by atoms with Crippen LogP contribution in [0.15, 0.2) is 6.07 Å². The molecule has 0 aromatic carbocycles. The molecule has 0 spiro atoms. The van der Waals surface area contributed by atoms with Gasteiger partial charge in [0.2, 0.25) is 0 Å². The van der Waals surface area contributed by atoms with Crippen LogP contribution in [0, 0.1) is 0 Å². The van der Waals surface area contributed by atoms with Gasteiger partial charge in [-0.05, 0) is 25.3 Å². The average molecular weight is 282 g/mol. The Hall–Kier alpha value is -0.290. The Morgan fingerprint density at radius 3 is 2.12 bits per heavy atom. The minimum Gasteiger partial charge on any atom is -0.544 e. The van der Waals surface area contributed by atoms with E-state index in [0.29, 0.717) is 0 Å². The molecule has 2 N–H and O–H groups in total. The van der Waals surface area contributed by atoms with Crippen molar-refractivity contribution in [2.24, 2.45) is 0 Å². The van der Waals surface area contributed by atoms with E-state index < -0.39 is 5.97 Å². The van der Waals surface area contributed by atoms with Crippen LogP contribution in [0.4, 0.5) is 0 Å². The molecule has 0 unspecified atom stereocenters. The summed E-state index contributed by atoms with van der Waals surface area (Å²) in [5.41, 5.74) is 0. The van der Waals surface area contributed by atoms with Crippen molar-refractivity contribution < 1.29 is 15.2 Å². The van der Waals surface area contributed by atoms with E-state index in [1.807, 2.05) is 0 Å². The highest BCUT2D eigenvalue weighted by Crippen LogP contribution is 2.30. The smallest absolute Gasteiger partial charge is 0.112 e. The van der Waals surface area contributed by atoms with Crippen molar-refractivity contribution in [3.05, 3.63) is 20.3 Å². The maximum atomic E-state index is 10.1. The number of halogens is 2. The van der Waals surface area contributed by atoms with Gasteiger partial charge in [0.1, 0.15) is 4.34 Å². The van der Waals surface area contributed by atoms with E-state index in [9.17, 15) is 9.90 Å². The number of hydrogen-bond donors (Lipinski definition) is 1. The number of carbonyl (C=O) groups excluding carboxylic acids is 1. The third-order valence-electron chi connectivity index (χ3n) is 2.16. The summed E-state index contributed by atoms with van der Waals surface area (Å²) in [6.07, 6.45) is 4.36. The number of carboxylic acids is 1. The highest BCUT2D eigenvalue weighted by molar-refractivity contribution is 7.18. The molecular formula is C10H13Cl2NO2S. The number of thiophene rings is 1. The molecule has 1 aliphatic heterocycles. The summed E-state index contributed by atoms with van der Waals surface area (Å²) in [6, 6.07) is 1.27. The van der Waals surface area contributed by atoms with Gasteiger partial charge in [-0.2, -0.15) is 0 Å². The largest absolute Gasteiger partial charge is 0.544 e. The number of rotatable bonds is 1. The molecule has 0 atom stereocenters. The first-order valence-electron chi connectivity index (χ1n) is 5.09. The van der Waals surface area contributed by atoms with Crippen LogP contribution in [0.5, 0.6) is 0 Å². The van der Waals surface area contributed by atoms with Crippen LogP contribution >= 0.6 is 34.5 Å². The average Bonchev–Trinajstić information content (AvgIpc) is 2.63. The first kappa shape index (κ1) is 13.8. The zero-order valence-corrected chi connectivity index (χ0v) is 11.0. The number of carboxylic acid groups (broad SMARTS) is 1. The minimum absolute atomic E-state index is 0.0509. The zero-order chi connectivity index (χ0) is 12.0. The fourth-order valence-corrected chi connectivity index (χ4v) is 2.55.